The van der Waals surface area contributed by atoms with E-state index in [0.29, 0.717) is 55.7 Å². The number of ether oxygens (including phenoxy) is 2. The highest BCUT2D eigenvalue weighted by atomic mass is 16.7. The van der Waals surface area contributed by atoms with Crippen LogP contribution >= 0.6 is 0 Å². The summed E-state index contributed by atoms with van der Waals surface area (Å²) in [5.74, 6) is 1.85. The van der Waals surface area contributed by atoms with Crippen LogP contribution in [0.25, 0.3) is 0 Å². The van der Waals surface area contributed by atoms with Gasteiger partial charge in [0.15, 0.2) is 17.3 Å². The second-order valence-corrected chi connectivity index (χ2v) is 7.84. The molecule has 1 saturated heterocycles. The molecule has 152 valence electrons. The van der Waals surface area contributed by atoms with Crippen LogP contribution in [0.5, 0.6) is 11.5 Å². The van der Waals surface area contributed by atoms with E-state index in [0.717, 1.165) is 5.56 Å². The predicted octanol–water partition coefficient (Wildman–Crippen LogP) is 3.18. The van der Waals surface area contributed by atoms with Crippen molar-refractivity contribution in [1.82, 2.24) is 9.80 Å². The summed E-state index contributed by atoms with van der Waals surface area (Å²) in [6, 6.07) is 13.2. The van der Waals surface area contributed by atoms with Crippen LogP contribution in [-0.2, 0) is 0 Å². The molecular weight excluding hydrogens is 368 g/mol. The van der Waals surface area contributed by atoms with Gasteiger partial charge in [0.25, 0.3) is 5.91 Å². The normalized spacial score (nSPS) is 16.3. The number of fused-ring (bicyclic) bond motifs is 1. The fourth-order valence-corrected chi connectivity index (χ4v) is 3.67. The molecule has 0 N–H and O–H groups in total. The average Bonchev–Trinajstić information content (AvgIpc) is 3.21. The number of hydrogen-bond donors (Lipinski definition) is 0. The standard InChI is InChI=1S/C23H26N2O4/c1-16(2)17-3-5-18(6-4-17)23(27)25-11-9-24(10-12-25)14-20(26)19-7-8-21-22(13-19)29-15-28-21/h3-8,13,16H,9-12,14-15H2,1-2H3. The van der Waals surface area contributed by atoms with Crippen LogP contribution in [0, 0.1) is 0 Å². The monoisotopic (exact) mass is 394 g/mol. The first-order valence-electron chi connectivity index (χ1n) is 10.1. The highest BCUT2D eigenvalue weighted by Gasteiger charge is 2.24. The minimum Gasteiger partial charge on any atom is -0.454 e. The van der Waals surface area contributed by atoms with Gasteiger partial charge in [-0.3, -0.25) is 14.5 Å². The Morgan fingerprint density at radius 3 is 2.24 bits per heavy atom. The van der Waals surface area contributed by atoms with Crippen molar-refractivity contribution >= 4 is 11.7 Å². The molecule has 6 heteroatoms. The van der Waals surface area contributed by atoms with Crippen LogP contribution in [0.1, 0.15) is 46.0 Å². The smallest absolute Gasteiger partial charge is 0.253 e. The van der Waals surface area contributed by atoms with E-state index in [-0.39, 0.29) is 18.5 Å². The maximum atomic E-state index is 12.8. The van der Waals surface area contributed by atoms with Crippen LogP contribution in [0.3, 0.4) is 0 Å². The first-order chi connectivity index (χ1) is 14.0. The lowest BCUT2D eigenvalue weighted by atomic mass is 10.0. The van der Waals surface area contributed by atoms with Gasteiger partial charge in [-0.1, -0.05) is 26.0 Å². The molecule has 2 aliphatic rings. The lowest BCUT2D eigenvalue weighted by Crippen LogP contribution is -2.49. The number of ketones is 1. The van der Waals surface area contributed by atoms with Gasteiger partial charge in [0, 0.05) is 37.3 Å². The van der Waals surface area contributed by atoms with Gasteiger partial charge in [0.2, 0.25) is 6.79 Å². The molecular formula is C23H26N2O4. The summed E-state index contributed by atoms with van der Waals surface area (Å²) in [6.07, 6.45) is 0. The van der Waals surface area contributed by atoms with Crippen LogP contribution < -0.4 is 9.47 Å². The Hall–Kier alpha value is -2.86. The number of carbonyl (C=O) groups is 2. The Bertz CT molecular complexity index is 900. The molecule has 0 spiro atoms. The van der Waals surface area contributed by atoms with E-state index >= 15 is 0 Å². The molecule has 1 fully saturated rings. The molecule has 6 nitrogen and oxygen atoms in total. The van der Waals surface area contributed by atoms with Crippen molar-refractivity contribution in [3.05, 3.63) is 59.2 Å². The van der Waals surface area contributed by atoms with E-state index in [1.807, 2.05) is 29.2 Å². The van der Waals surface area contributed by atoms with Crippen molar-refractivity contribution < 1.29 is 19.1 Å². The summed E-state index contributed by atoms with van der Waals surface area (Å²) < 4.78 is 10.6. The van der Waals surface area contributed by atoms with E-state index in [2.05, 4.69) is 18.7 Å². The number of benzene rings is 2. The van der Waals surface area contributed by atoms with E-state index < -0.39 is 0 Å². The molecule has 0 aromatic heterocycles. The van der Waals surface area contributed by atoms with E-state index in [1.54, 1.807) is 18.2 Å². The largest absolute Gasteiger partial charge is 0.454 e. The summed E-state index contributed by atoms with van der Waals surface area (Å²) in [6.45, 7) is 7.44. The Kier molecular flexibility index (Phi) is 5.53. The Labute approximate surface area is 171 Å². The van der Waals surface area contributed by atoms with E-state index in [9.17, 15) is 9.59 Å². The minimum atomic E-state index is 0.0485. The zero-order chi connectivity index (χ0) is 20.4. The molecule has 0 atom stereocenters. The van der Waals surface area contributed by atoms with Gasteiger partial charge in [-0.25, -0.2) is 0 Å². The molecule has 0 saturated carbocycles. The first kappa shape index (κ1) is 19.5. The van der Waals surface area contributed by atoms with Crippen LogP contribution in [0.15, 0.2) is 42.5 Å². The molecule has 0 bridgehead atoms. The van der Waals surface area contributed by atoms with Gasteiger partial charge >= 0.3 is 0 Å². The third-order valence-electron chi connectivity index (χ3n) is 5.55. The van der Waals surface area contributed by atoms with Gasteiger partial charge < -0.3 is 14.4 Å². The Balaban J connectivity index is 1.31. The third-order valence-corrected chi connectivity index (χ3v) is 5.55. The van der Waals surface area contributed by atoms with Crippen LogP contribution in [-0.4, -0.2) is 61.0 Å². The first-order valence-corrected chi connectivity index (χ1v) is 10.1. The van der Waals surface area contributed by atoms with Gasteiger partial charge in [-0.2, -0.15) is 0 Å². The SMILES string of the molecule is CC(C)c1ccc(C(=O)N2CCN(CC(=O)c3ccc4c(c3)OCO4)CC2)cc1. The number of amides is 1. The van der Waals surface area contributed by atoms with Crippen molar-refractivity contribution in [3.63, 3.8) is 0 Å². The number of carbonyl (C=O) groups excluding carboxylic acids is 2. The number of Topliss-reactive ketones (excluding diaryl/α,β-unsaturated/α-hetero) is 1. The Morgan fingerprint density at radius 1 is 0.897 bits per heavy atom. The molecule has 29 heavy (non-hydrogen) atoms. The summed E-state index contributed by atoms with van der Waals surface area (Å²) in [5.41, 5.74) is 2.57. The Morgan fingerprint density at radius 2 is 1.55 bits per heavy atom. The molecule has 4 rings (SSSR count). The van der Waals surface area contributed by atoms with Crippen LogP contribution in [0.2, 0.25) is 0 Å². The van der Waals surface area contributed by atoms with Crippen molar-refractivity contribution in [3.8, 4) is 11.5 Å². The second-order valence-electron chi connectivity index (χ2n) is 7.84. The summed E-state index contributed by atoms with van der Waals surface area (Å²) >= 11 is 0. The average molecular weight is 394 g/mol. The maximum absolute atomic E-state index is 12.8. The second kappa shape index (κ2) is 8.25. The van der Waals surface area contributed by atoms with Crippen molar-refractivity contribution in [2.24, 2.45) is 0 Å². The molecule has 2 heterocycles. The summed E-state index contributed by atoms with van der Waals surface area (Å²) in [7, 11) is 0. The lowest BCUT2D eigenvalue weighted by Gasteiger charge is -2.34. The number of rotatable bonds is 5. The van der Waals surface area contributed by atoms with Crippen molar-refractivity contribution in [2.45, 2.75) is 19.8 Å². The molecule has 1 amide bonds. The molecule has 2 aromatic carbocycles. The molecule has 2 aromatic rings. The fourth-order valence-electron chi connectivity index (χ4n) is 3.67. The van der Waals surface area contributed by atoms with Gasteiger partial charge in [0.05, 0.1) is 6.54 Å². The highest BCUT2D eigenvalue weighted by molar-refractivity contribution is 5.98. The molecule has 0 aliphatic carbocycles. The molecule has 0 unspecified atom stereocenters. The zero-order valence-corrected chi connectivity index (χ0v) is 16.9. The summed E-state index contributed by atoms with van der Waals surface area (Å²) in [5, 5.41) is 0. The van der Waals surface area contributed by atoms with Gasteiger partial charge in [-0.05, 0) is 41.8 Å². The van der Waals surface area contributed by atoms with E-state index in [4.69, 9.17) is 9.47 Å². The highest BCUT2D eigenvalue weighted by Crippen LogP contribution is 2.32. The molecule has 2 aliphatic heterocycles. The van der Waals surface area contributed by atoms with Gasteiger partial charge in [-0.15, -0.1) is 0 Å². The lowest BCUT2D eigenvalue weighted by molar-refractivity contribution is 0.0624. The number of nitrogens with zero attached hydrogens (tertiary/aromatic N) is 2. The minimum absolute atomic E-state index is 0.0485. The summed E-state index contributed by atoms with van der Waals surface area (Å²) in [4.78, 5) is 29.3. The zero-order valence-electron chi connectivity index (χ0n) is 16.9. The quantitative estimate of drug-likeness (QED) is 0.729. The fraction of sp³-hybridized carbons (Fsp3) is 0.391. The number of hydrogen-bond acceptors (Lipinski definition) is 5. The van der Waals surface area contributed by atoms with Crippen molar-refractivity contribution in [2.75, 3.05) is 39.5 Å². The molecule has 0 radical (unpaired) electrons. The van der Waals surface area contributed by atoms with Crippen LogP contribution in [0.4, 0.5) is 0 Å². The predicted molar refractivity (Wildman–Crippen MR) is 110 cm³/mol. The third kappa shape index (κ3) is 4.27. The number of piperazine rings is 1. The maximum Gasteiger partial charge on any atom is 0.253 e. The van der Waals surface area contributed by atoms with E-state index in [1.165, 1.54) is 5.56 Å². The topological polar surface area (TPSA) is 59.1 Å². The van der Waals surface area contributed by atoms with Gasteiger partial charge in [0.1, 0.15) is 0 Å². The van der Waals surface area contributed by atoms with Crippen molar-refractivity contribution in [1.29, 1.82) is 0 Å².